The van der Waals surface area contributed by atoms with Crippen LogP contribution in [0.5, 0.6) is 0 Å². The predicted octanol–water partition coefficient (Wildman–Crippen LogP) is 1.11. The van der Waals surface area contributed by atoms with Crippen LogP contribution in [0, 0.1) is 5.92 Å². The van der Waals surface area contributed by atoms with Crippen LogP contribution >= 0.6 is 0 Å². The third-order valence-electron chi connectivity index (χ3n) is 3.53. The molecule has 1 saturated heterocycles. The molecule has 0 spiro atoms. The molecule has 0 saturated carbocycles. The van der Waals surface area contributed by atoms with E-state index >= 15 is 0 Å². The summed E-state index contributed by atoms with van der Waals surface area (Å²) in [6.45, 7) is 2.47. The van der Waals surface area contributed by atoms with Crippen molar-refractivity contribution in [3.63, 3.8) is 0 Å². The molecule has 1 fully saturated rings. The molecule has 0 radical (unpaired) electrons. The first-order valence-electron chi connectivity index (χ1n) is 6.93. The molecule has 1 aromatic rings. The van der Waals surface area contributed by atoms with Gasteiger partial charge in [0, 0.05) is 26.3 Å². The van der Waals surface area contributed by atoms with Crippen molar-refractivity contribution >= 4 is 10.0 Å². The number of benzene rings is 1. The van der Waals surface area contributed by atoms with Gasteiger partial charge in [0.05, 0.1) is 4.90 Å². The van der Waals surface area contributed by atoms with Crippen LogP contribution in [0.4, 0.5) is 0 Å². The molecule has 0 unspecified atom stereocenters. The van der Waals surface area contributed by atoms with Crippen LogP contribution in [0.15, 0.2) is 29.2 Å². The Morgan fingerprint density at radius 3 is 2.65 bits per heavy atom. The SMILES string of the molecule is CNCc1ccccc1S(=O)(=O)NCC1CCOCC1. The molecule has 20 heavy (non-hydrogen) atoms. The zero-order valence-corrected chi connectivity index (χ0v) is 12.6. The fraction of sp³-hybridized carbons (Fsp3) is 0.571. The molecule has 5 nitrogen and oxygen atoms in total. The summed E-state index contributed by atoms with van der Waals surface area (Å²) in [5.41, 5.74) is 0.787. The van der Waals surface area contributed by atoms with Gasteiger partial charge < -0.3 is 10.1 Å². The predicted molar refractivity (Wildman–Crippen MR) is 77.9 cm³/mol. The smallest absolute Gasteiger partial charge is 0.240 e. The lowest BCUT2D eigenvalue weighted by atomic mass is 10.0. The van der Waals surface area contributed by atoms with Crippen molar-refractivity contribution in [1.82, 2.24) is 10.0 Å². The molecule has 0 aliphatic carbocycles. The van der Waals surface area contributed by atoms with Crippen molar-refractivity contribution in [1.29, 1.82) is 0 Å². The zero-order valence-electron chi connectivity index (χ0n) is 11.8. The lowest BCUT2D eigenvalue weighted by Gasteiger charge is -2.22. The fourth-order valence-electron chi connectivity index (χ4n) is 2.36. The third kappa shape index (κ3) is 4.02. The minimum Gasteiger partial charge on any atom is -0.381 e. The van der Waals surface area contributed by atoms with E-state index in [0.29, 0.717) is 23.9 Å². The Morgan fingerprint density at radius 2 is 1.95 bits per heavy atom. The van der Waals surface area contributed by atoms with E-state index < -0.39 is 10.0 Å². The molecule has 2 N–H and O–H groups in total. The van der Waals surface area contributed by atoms with Gasteiger partial charge in [0.2, 0.25) is 10.0 Å². The molecule has 2 rings (SSSR count). The first kappa shape index (κ1) is 15.4. The summed E-state index contributed by atoms with van der Waals surface area (Å²) in [6, 6.07) is 7.09. The summed E-state index contributed by atoms with van der Waals surface area (Å²) in [7, 11) is -1.64. The fourth-order valence-corrected chi connectivity index (χ4v) is 3.71. The van der Waals surface area contributed by atoms with Crippen LogP contribution in [-0.2, 0) is 21.3 Å². The normalized spacial score (nSPS) is 17.2. The average Bonchev–Trinajstić information content (AvgIpc) is 2.47. The van der Waals surface area contributed by atoms with Gasteiger partial charge >= 0.3 is 0 Å². The van der Waals surface area contributed by atoms with E-state index in [4.69, 9.17) is 4.74 Å². The standard InChI is InChI=1S/C14H22N2O3S/c1-15-11-13-4-2-3-5-14(13)20(17,18)16-10-12-6-8-19-9-7-12/h2-5,12,15-16H,6-11H2,1H3. The summed E-state index contributed by atoms with van der Waals surface area (Å²) in [4.78, 5) is 0.362. The van der Waals surface area contributed by atoms with Gasteiger partial charge in [-0.3, -0.25) is 0 Å². The highest BCUT2D eigenvalue weighted by atomic mass is 32.2. The molecule has 0 aromatic heterocycles. The number of rotatable bonds is 6. The molecular weight excluding hydrogens is 276 g/mol. The number of sulfonamides is 1. The Morgan fingerprint density at radius 1 is 1.25 bits per heavy atom. The Labute approximate surface area is 120 Å². The van der Waals surface area contributed by atoms with E-state index in [1.54, 1.807) is 19.2 Å². The summed E-state index contributed by atoms with van der Waals surface area (Å²) < 4.78 is 32.8. The highest BCUT2D eigenvalue weighted by molar-refractivity contribution is 7.89. The minimum atomic E-state index is -3.44. The van der Waals surface area contributed by atoms with E-state index in [1.165, 1.54) is 0 Å². The number of ether oxygens (including phenoxy) is 1. The van der Waals surface area contributed by atoms with Crippen molar-refractivity contribution in [2.45, 2.75) is 24.3 Å². The molecule has 1 heterocycles. The molecule has 0 bridgehead atoms. The molecule has 1 aliphatic heterocycles. The maximum Gasteiger partial charge on any atom is 0.240 e. The third-order valence-corrected chi connectivity index (χ3v) is 5.06. The second kappa shape index (κ2) is 7.17. The molecule has 0 amide bonds. The van der Waals surface area contributed by atoms with Crippen LogP contribution in [0.3, 0.4) is 0 Å². The minimum absolute atomic E-state index is 0.362. The first-order valence-corrected chi connectivity index (χ1v) is 8.41. The topological polar surface area (TPSA) is 67.4 Å². The van der Waals surface area contributed by atoms with Crippen LogP contribution in [-0.4, -0.2) is 35.2 Å². The van der Waals surface area contributed by atoms with E-state index in [0.717, 1.165) is 31.6 Å². The Balaban J connectivity index is 2.05. The van der Waals surface area contributed by atoms with Gasteiger partial charge in [0.25, 0.3) is 0 Å². The van der Waals surface area contributed by atoms with Gasteiger partial charge in [0.1, 0.15) is 0 Å². The molecule has 0 atom stereocenters. The van der Waals surface area contributed by atoms with Gasteiger partial charge in [-0.2, -0.15) is 0 Å². The molecule has 6 heteroatoms. The first-order chi connectivity index (χ1) is 9.63. The zero-order chi connectivity index (χ0) is 14.4. The average molecular weight is 298 g/mol. The Hall–Kier alpha value is -0.950. The molecule has 1 aliphatic rings. The lowest BCUT2D eigenvalue weighted by molar-refractivity contribution is 0.0678. The van der Waals surface area contributed by atoms with Crippen LogP contribution < -0.4 is 10.0 Å². The number of hydrogen-bond donors (Lipinski definition) is 2. The van der Waals surface area contributed by atoms with Gasteiger partial charge in [-0.25, -0.2) is 13.1 Å². The van der Waals surface area contributed by atoms with E-state index in [-0.39, 0.29) is 0 Å². The van der Waals surface area contributed by atoms with Crippen LogP contribution in [0.1, 0.15) is 18.4 Å². The quantitative estimate of drug-likeness (QED) is 0.825. The summed E-state index contributed by atoms with van der Waals surface area (Å²) in [5, 5.41) is 2.99. The summed E-state index contributed by atoms with van der Waals surface area (Å²) in [6.07, 6.45) is 1.83. The summed E-state index contributed by atoms with van der Waals surface area (Å²) in [5.74, 6) is 0.370. The van der Waals surface area contributed by atoms with Gasteiger partial charge in [-0.1, -0.05) is 18.2 Å². The second-order valence-corrected chi connectivity index (χ2v) is 6.78. The van der Waals surface area contributed by atoms with E-state index in [1.807, 2.05) is 12.1 Å². The maximum absolute atomic E-state index is 12.4. The number of hydrogen-bond acceptors (Lipinski definition) is 4. The van der Waals surface area contributed by atoms with Crippen LogP contribution in [0.25, 0.3) is 0 Å². The molecule has 1 aromatic carbocycles. The van der Waals surface area contributed by atoms with E-state index in [2.05, 4.69) is 10.0 Å². The highest BCUT2D eigenvalue weighted by Crippen LogP contribution is 2.17. The molecule has 112 valence electrons. The van der Waals surface area contributed by atoms with Gasteiger partial charge in [-0.15, -0.1) is 0 Å². The monoisotopic (exact) mass is 298 g/mol. The van der Waals surface area contributed by atoms with Gasteiger partial charge in [-0.05, 0) is 37.4 Å². The maximum atomic E-state index is 12.4. The Kier molecular flexibility index (Phi) is 5.54. The van der Waals surface area contributed by atoms with Gasteiger partial charge in [0.15, 0.2) is 0 Å². The Bertz CT molecular complexity index is 525. The number of nitrogens with one attached hydrogen (secondary N) is 2. The summed E-state index contributed by atoms with van der Waals surface area (Å²) >= 11 is 0. The van der Waals surface area contributed by atoms with Crippen LogP contribution in [0.2, 0.25) is 0 Å². The van der Waals surface area contributed by atoms with E-state index in [9.17, 15) is 8.42 Å². The molecular formula is C14H22N2O3S. The highest BCUT2D eigenvalue weighted by Gasteiger charge is 2.20. The largest absolute Gasteiger partial charge is 0.381 e. The van der Waals surface area contributed by atoms with Crippen molar-refractivity contribution in [2.24, 2.45) is 5.92 Å². The van der Waals surface area contributed by atoms with Crippen molar-refractivity contribution < 1.29 is 13.2 Å². The van der Waals surface area contributed by atoms with Crippen molar-refractivity contribution in [3.8, 4) is 0 Å². The second-order valence-electron chi connectivity index (χ2n) is 5.05. The van der Waals surface area contributed by atoms with Crippen molar-refractivity contribution in [3.05, 3.63) is 29.8 Å². The van der Waals surface area contributed by atoms with Crippen molar-refractivity contribution in [2.75, 3.05) is 26.8 Å². The lowest BCUT2D eigenvalue weighted by Crippen LogP contribution is -2.32.